The molecule has 0 unspecified atom stereocenters. The average molecular weight is 260 g/mol. The maximum atomic E-state index is 5.30. The summed E-state index contributed by atoms with van der Waals surface area (Å²) in [6.45, 7) is 2.25. The molecule has 0 saturated carbocycles. The number of nitrogens with zero attached hydrogens (tertiary/aromatic N) is 3. The van der Waals surface area contributed by atoms with Gasteiger partial charge in [-0.05, 0) is 31.4 Å². The van der Waals surface area contributed by atoms with Crippen LogP contribution in [0.1, 0.15) is 19.3 Å². The summed E-state index contributed by atoms with van der Waals surface area (Å²) < 4.78 is 2.00. The van der Waals surface area contributed by atoms with Crippen molar-refractivity contribution in [3.8, 4) is 5.69 Å². The van der Waals surface area contributed by atoms with E-state index in [2.05, 4.69) is 10.2 Å². The first-order valence-electron chi connectivity index (χ1n) is 6.39. The molecule has 1 aromatic heterocycles. The van der Waals surface area contributed by atoms with Crippen LogP contribution in [-0.2, 0) is 12.6 Å². The average Bonchev–Trinajstić information content (AvgIpc) is 2.83. The Morgan fingerprint density at radius 2 is 1.72 bits per heavy atom. The lowest BCUT2D eigenvalue weighted by molar-refractivity contribution is -0.844. The van der Waals surface area contributed by atoms with Crippen LogP contribution in [0.15, 0.2) is 35.5 Å². The number of aromatic nitrogens is 3. The molecule has 4 nitrogen and oxygen atoms in total. The van der Waals surface area contributed by atoms with Crippen LogP contribution >= 0.6 is 0 Å². The predicted octanol–water partition coefficient (Wildman–Crippen LogP) is 0.873. The summed E-state index contributed by atoms with van der Waals surface area (Å²) in [7, 11) is 0. The van der Waals surface area contributed by atoms with E-state index in [1.54, 1.807) is 0 Å². The fourth-order valence-electron chi connectivity index (χ4n) is 2.51. The lowest BCUT2D eigenvalue weighted by Crippen LogP contribution is -3.08. The molecule has 1 aromatic carbocycles. The Morgan fingerprint density at radius 1 is 1.00 bits per heavy atom. The highest BCUT2D eigenvalue weighted by Crippen LogP contribution is 2.14. The van der Waals surface area contributed by atoms with Crippen LogP contribution in [0.5, 0.6) is 0 Å². The Labute approximate surface area is 112 Å². The summed E-state index contributed by atoms with van der Waals surface area (Å²) >= 11 is 5.30. The first-order valence-corrected chi connectivity index (χ1v) is 6.80. The van der Waals surface area contributed by atoms with Gasteiger partial charge in [0.05, 0.1) is 18.8 Å². The van der Waals surface area contributed by atoms with Crippen molar-refractivity contribution in [2.45, 2.75) is 24.4 Å². The number of para-hydroxylation sites is 1. The highest BCUT2D eigenvalue weighted by Gasteiger charge is 2.22. The molecule has 0 aliphatic carbocycles. The lowest BCUT2D eigenvalue weighted by atomic mass is 10.1. The van der Waals surface area contributed by atoms with Gasteiger partial charge in [0.25, 0.3) is 0 Å². The van der Waals surface area contributed by atoms with Crippen LogP contribution in [-0.4, -0.2) is 27.9 Å². The molecule has 0 atom stereocenters. The van der Waals surface area contributed by atoms with Gasteiger partial charge in [0.1, 0.15) is 0 Å². The van der Waals surface area contributed by atoms with Gasteiger partial charge in [-0.15, -0.1) is 0 Å². The van der Waals surface area contributed by atoms with Crippen molar-refractivity contribution in [2.75, 3.05) is 13.1 Å². The Kier molecular flexibility index (Phi) is 3.25. The smallest absolute Gasteiger partial charge is 0.330 e. The molecular weight excluding hydrogens is 244 g/mol. The highest BCUT2D eigenvalue weighted by atomic mass is 32.1. The van der Waals surface area contributed by atoms with Crippen molar-refractivity contribution in [1.29, 1.82) is 0 Å². The van der Waals surface area contributed by atoms with Crippen molar-refractivity contribution in [3.05, 3.63) is 30.3 Å². The van der Waals surface area contributed by atoms with E-state index in [4.69, 9.17) is 12.6 Å². The number of benzene rings is 1. The van der Waals surface area contributed by atoms with E-state index in [-0.39, 0.29) is 0 Å². The second-order valence-corrected chi connectivity index (χ2v) is 5.01. The van der Waals surface area contributed by atoms with Crippen molar-refractivity contribution in [1.82, 2.24) is 14.8 Å². The normalized spacial score (nSPS) is 16.9. The van der Waals surface area contributed by atoms with Gasteiger partial charge in [-0.1, -0.05) is 23.3 Å². The van der Waals surface area contributed by atoms with Crippen molar-refractivity contribution >= 4 is 18.6 Å². The number of nitrogens with one attached hydrogen (secondary N) is 1. The monoisotopic (exact) mass is 260 g/mol. The summed E-state index contributed by atoms with van der Waals surface area (Å²) in [5, 5.41) is 8.91. The first-order chi connectivity index (χ1) is 8.86. The third-order valence-corrected chi connectivity index (χ3v) is 3.69. The zero-order chi connectivity index (χ0) is 12.4. The fraction of sp³-hybridized carbons (Fsp3) is 0.385. The van der Waals surface area contributed by atoms with Gasteiger partial charge in [-0.3, -0.25) is 9.47 Å². The molecule has 94 valence electrons. The minimum atomic E-state index is 0.550. The zero-order valence-corrected chi connectivity index (χ0v) is 11.0. The van der Waals surface area contributed by atoms with E-state index in [0.29, 0.717) is 5.16 Å². The van der Waals surface area contributed by atoms with Gasteiger partial charge >= 0.3 is 5.95 Å². The van der Waals surface area contributed by atoms with E-state index < -0.39 is 0 Å². The first kappa shape index (κ1) is 11.6. The standard InChI is InChI=1S/C13H16N4S/c18-13-15-14-12(16-9-5-2-6-10-16)17(13)11-7-3-1-4-8-11/h1,3-4,7-8H,2,5-6,9-10H2,(H,15,18). The Morgan fingerprint density at radius 3 is 2.44 bits per heavy atom. The summed E-state index contributed by atoms with van der Waals surface area (Å²) in [4.78, 5) is 1.40. The second kappa shape index (κ2) is 5.04. The van der Waals surface area contributed by atoms with Crippen LogP contribution < -0.4 is 4.90 Å². The van der Waals surface area contributed by atoms with Crippen molar-refractivity contribution in [3.63, 3.8) is 0 Å². The molecule has 0 amide bonds. The third kappa shape index (κ3) is 2.11. The zero-order valence-electron chi connectivity index (χ0n) is 10.2. The molecule has 3 rings (SSSR count). The van der Waals surface area contributed by atoms with Crippen LogP contribution in [0, 0.1) is 0 Å². The molecule has 1 aliphatic rings. The molecule has 18 heavy (non-hydrogen) atoms. The molecule has 2 heterocycles. The molecule has 0 bridgehead atoms. The number of quaternary nitrogens is 1. The summed E-state index contributed by atoms with van der Waals surface area (Å²) in [6.07, 6.45) is 3.83. The van der Waals surface area contributed by atoms with Crippen LogP contribution in [0.2, 0.25) is 0 Å². The maximum Gasteiger partial charge on any atom is 0.330 e. The molecule has 1 aliphatic heterocycles. The van der Waals surface area contributed by atoms with Crippen molar-refractivity contribution < 1.29 is 4.90 Å². The fourth-order valence-corrected chi connectivity index (χ4v) is 2.74. The Balaban J connectivity index is 2.01. The van der Waals surface area contributed by atoms with E-state index in [9.17, 15) is 0 Å². The quantitative estimate of drug-likeness (QED) is 0.814. The number of piperidine rings is 1. The van der Waals surface area contributed by atoms with Gasteiger partial charge in [-0.25, -0.2) is 0 Å². The minimum Gasteiger partial charge on any atom is -0.740 e. The highest BCUT2D eigenvalue weighted by molar-refractivity contribution is 7.58. The van der Waals surface area contributed by atoms with Gasteiger partial charge < -0.3 is 12.6 Å². The van der Waals surface area contributed by atoms with Crippen molar-refractivity contribution in [2.24, 2.45) is 0 Å². The van der Waals surface area contributed by atoms with E-state index in [0.717, 1.165) is 24.7 Å². The SMILES string of the molecule is [S-]c1nnc([NH+]2CCCCC2)n1-c1ccccc1. The summed E-state index contributed by atoms with van der Waals surface area (Å²) in [5.74, 6) is 0.964. The molecule has 2 aromatic rings. The van der Waals surface area contributed by atoms with Gasteiger partial charge in [0.15, 0.2) is 0 Å². The van der Waals surface area contributed by atoms with E-state index >= 15 is 0 Å². The van der Waals surface area contributed by atoms with Crippen LogP contribution in [0.3, 0.4) is 0 Å². The number of hydrogen-bond donors (Lipinski definition) is 1. The van der Waals surface area contributed by atoms with E-state index in [1.165, 1.54) is 24.2 Å². The van der Waals surface area contributed by atoms with Crippen LogP contribution in [0.25, 0.3) is 5.69 Å². The molecule has 1 fully saturated rings. The number of rotatable bonds is 2. The Hall–Kier alpha value is -1.46. The largest absolute Gasteiger partial charge is 0.740 e. The molecule has 0 radical (unpaired) electrons. The molecule has 1 saturated heterocycles. The summed E-state index contributed by atoms with van der Waals surface area (Å²) in [6, 6.07) is 10.1. The molecular formula is C13H16N4S. The Bertz CT molecular complexity index is 517. The molecule has 0 spiro atoms. The lowest BCUT2D eigenvalue weighted by Gasteiger charge is -2.23. The topological polar surface area (TPSA) is 35.2 Å². The molecule has 5 heteroatoms. The molecule has 1 N–H and O–H groups in total. The van der Waals surface area contributed by atoms with Gasteiger partial charge in [-0.2, -0.15) is 5.10 Å². The van der Waals surface area contributed by atoms with E-state index in [1.807, 2.05) is 34.9 Å². The van der Waals surface area contributed by atoms with Gasteiger partial charge in [0.2, 0.25) is 0 Å². The summed E-state index contributed by atoms with van der Waals surface area (Å²) in [5.41, 5.74) is 1.06. The number of hydrogen-bond acceptors (Lipinski definition) is 3. The maximum absolute atomic E-state index is 5.30. The third-order valence-electron chi connectivity index (χ3n) is 3.42. The van der Waals surface area contributed by atoms with Crippen LogP contribution in [0.4, 0.5) is 5.95 Å². The minimum absolute atomic E-state index is 0.550. The van der Waals surface area contributed by atoms with Gasteiger partial charge in [0, 0.05) is 5.16 Å². The second-order valence-electron chi connectivity index (χ2n) is 4.64. The predicted molar refractivity (Wildman–Crippen MR) is 71.2 cm³/mol.